The smallest absolute Gasteiger partial charge is 0.307 e. The van der Waals surface area contributed by atoms with Crippen LogP contribution in [0, 0.1) is 0 Å². The number of aliphatic carboxylic acids is 1. The molecule has 5 nitrogen and oxygen atoms in total. The number of carbonyl (C=O) groups is 1. The Bertz CT molecular complexity index is 293. The molecule has 0 aromatic carbocycles. The Morgan fingerprint density at radius 1 is 1.77 bits per heavy atom. The van der Waals surface area contributed by atoms with Gasteiger partial charge in [-0.25, -0.2) is 9.13 Å². The summed E-state index contributed by atoms with van der Waals surface area (Å²) in [5.74, 6) is -0.791. The topological polar surface area (TPSA) is 72.1 Å². The van der Waals surface area contributed by atoms with Gasteiger partial charge in [0.15, 0.2) is 0 Å². The number of carboxylic acids is 1. The molecule has 0 saturated heterocycles. The van der Waals surface area contributed by atoms with Crippen molar-refractivity contribution in [2.75, 3.05) is 0 Å². The first-order valence-electron chi connectivity index (χ1n) is 4.13. The summed E-state index contributed by atoms with van der Waals surface area (Å²) in [5, 5.41) is 8.45. The minimum Gasteiger partial charge on any atom is -0.481 e. The Labute approximate surface area is 76.4 Å². The molecule has 0 amide bonds. The average molecular weight is 184 g/mol. The molecule has 0 radical (unpaired) electrons. The van der Waals surface area contributed by atoms with E-state index in [0.29, 0.717) is 6.54 Å². The Hall–Kier alpha value is -1.36. The van der Waals surface area contributed by atoms with Gasteiger partial charge in [-0.1, -0.05) is 0 Å². The fraction of sp³-hybridized carbons (Fsp3) is 0.500. The van der Waals surface area contributed by atoms with Crippen molar-refractivity contribution in [2.45, 2.75) is 26.1 Å². The van der Waals surface area contributed by atoms with Crippen LogP contribution in [-0.4, -0.2) is 15.6 Å². The third kappa shape index (κ3) is 2.87. The van der Waals surface area contributed by atoms with E-state index in [1.165, 1.54) is 0 Å². The van der Waals surface area contributed by atoms with E-state index in [1.807, 2.05) is 23.9 Å². The Kier molecular flexibility index (Phi) is 3.02. The van der Waals surface area contributed by atoms with Gasteiger partial charge in [-0.15, -0.1) is 0 Å². The third-order valence-corrected chi connectivity index (χ3v) is 1.77. The van der Waals surface area contributed by atoms with E-state index in [-0.39, 0.29) is 12.6 Å². The summed E-state index contributed by atoms with van der Waals surface area (Å²) in [5.41, 5.74) is 5.62. The number of rotatable bonds is 4. The van der Waals surface area contributed by atoms with Crippen molar-refractivity contribution >= 4 is 5.97 Å². The van der Waals surface area contributed by atoms with Crippen molar-refractivity contribution in [3.05, 3.63) is 18.7 Å². The molecule has 72 valence electrons. The molecule has 0 bridgehead atoms. The van der Waals surface area contributed by atoms with Crippen LogP contribution >= 0.6 is 0 Å². The molecule has 1 rings (SSSR count). The minimum atomic E-state index is -0.791. The van der Waals surface area contributed by atoms with Crippen LogP contribution in [0.2, 0.25) is 0 Å². The summed E-state index contributed by atoms with van der Waals surface area (Å²) in [4.78, 5) is 10.3. The van der Waals surface area contributed by atoms with Gasteiger partial charge in [0.1, 0.15) is 25.1 Å². The summed E-state index contributed by atoms with van der Waals surface area (Å²) < 4.78 is 3.62. The lowest BCUT2D eigenvalue weighted by Crippen LogP contribution is -2.32. The molecule has 0 spiro atoms. The Balaban J connectivity index is 2.54. The highest BCUT2D eigenvalue weighted by atomic mass is 16.4. The van der Waals surface area contributed by atoms with Crippen LogP contribution in [0.1, 0.15) is 19.5 Å². The molecule has 0 aliphatic rings. The molecule has 13 heavy (non-hydrogen) atoms. The maximum absolute atomic E-state index is 10.3. The first kappa shape index (κ1) is 9.73. The second-order valence-corrected chi connectivity index (χ2v) is 2.98. The molecule has 0 fully saturated rings. The average Bonchev–Trinajstić information content (AvgIpc) is 2.48. The standard InChI is InChI=1S/C8H13N3O2/c1-7(9)11-5-4-10(6-11)3-2-8(12)13/h4-7H,2-3,9H2,1H3/p+1. The van der Waals surface area contributed by atoms with Crippen LogP contribution in [0.4, 0.5) is 0 Å². The number of imidazole rings is 1. The predicted molar refractivity (Wildman–Crippen MR) is 45.8 cm³/mol. The number of aromatic nitrogens is 2. The summed E-state index contributed by atoms with van der Waals surface area (Å²) in [7, 11) is 0. The molecule has 0 saturated carbocycles. The van der Waals surface area contributed by atoms with Crippen LogP contribution in [0.5, 0.6) is 0 Å². The maximum Gasteiger partial charge on any atom is 0.307 e. The predicted octanol–water partition coefficient (Wildman–Crippen LogP) is -0.273. The summed E-state index contributed by atoms with van der Waals surface area (Å²) in [6.07, 6.45) is 5.49. The van der Waals surface area contributed by atoms with Crippen LogP contribution in [-0.2, 0) is 11.3 Å². The zero-order valence-corrected chi connectivity index (χ0v) is 7.55. The van der Waals surface area contributed by atoms with E-state index in [2.05, 4.69) is 0 Å². The van der Waals surface area contributed by atoms with Gasteiger partial charge in [-0.05, 0) is 6.92 Å². The second kappa shape index (κ2) is 4.04. The summed E-state index contributed by atoms with van der Waals surface area (Å²) >= 11 is 0. The lowest BCUT2D eigenvalue weighted by Gasteiger charge is -1.97. The molecular formula is C8H14N3O2+. The van der Waals surface area contributed by atoms with Gasteiger partial charge in [-0.3, -0.25) is 10.5 Å². The van der Waals surface area contributed by atoms with Crippen LogP contribution in [0.3, 0.4) is 0 Å². The molecule has 1 heterocycles. The molecule has 1 aromatic rings. The van der Waals surface area contributed by atoms with Gasteiger partial charge in [0.25, 0.3) is 0 Å². The van der Waals surface area contributed by atoms with Gasteiger partial charge in [0, 0.05) is 0 Å². The Morgan fingerprint density at radius 3 is 2.92 bits per heavy atom. The highest BCUT2D eigenvalue weighted by Crippen LogP contribution is 1.93. The molecule has 3 N–H and O–H groups in total. The fourth-order valence-electron chi connectivity index (χ4n) is 1.01. The van der Waals surface area contributed by atoms with Crippen molar-refractivity contribution in [3.63, 3.8) is 0 Å². The van der Waals surface area contributed by atoms with E-state index < -0.39 is 5.97 Å². The van der Waals surface area contributed by atoms with E-state index >= 15 is 0 Å². The highest BCUT2D eigenvalue weighted by Gasteiger charge is 2.07. The monoisotopic (exact) mass is 184 g/mol. The van der Waals surface area contributed by atoms with Crippen LogP contribution in [0.25, 0.3) is 0 Å². The molecule has 0 aliphatic carbocycles. The third-order valence-electron chi connectivity index (χ3n) is 1.77. The van der Waals surface area contributed by atoms with Crippen LogP contribution in [0.15, 0.2) is 18.7 Å². The number of aryl methyl sites for hydroxylation is 1. The van der Waals surface area contributed by atoms with E-state index in [9.17, 15) is 4.79 Å². The number of carboxylic acid groups (broad SMARTS) is 1. The number of nitrogens with zero attached hydrogens (tertiary/aromatic N) is 2. The van der Waals surface area contributed by atoms with E-state index in [1.54, 1.807) is 10.9 Å². The lowest BCUT2D eigenvalue weighted by molar-refractivity contribution is -0.695. The highest BCUT2D eigenvalue weighted by molar-refractivity contribution is 5.66. The summed E-state index contributed by atoms with van der Waals surface area (Å²) in [6.45, 7) is 2.34. The summed E-state index contributed by atoms with van der Waals surface area (Å²) in [6, 6.07) is 0. The van der Waals surface area contributed by atoms with Gasteiger partial charge in [0.05, 0.1) is 6.42 Å². The zero-order chi connectivity index (χ0) is 9.84. The zero-order valence-electron chi connectivity index (χ0n) is 7.55. The quantitative estimate of drug-likeness (QED) is 0.632. The van der Waals surface area contributed by atoms with Crippen molar-refractivity contribution in [3.8, 4) is 0 Å². The lowest BCUT2D eigenvalue weighted by atomic mass is 10.4. The van der Waals surface area contributed by atoms with Gasteiger partial charge < -0.3 is 5.11 Å². The van der Waals surface area contributed by atoms with Crippen molar-refractivity contribution in [1.82, 2.24) is 4.57 Å². The van der Waals surface area contributed by atoms with Crippen molar-refractivity contribution < 1.29 is 14.5 Å². The molecular weight excluding hydrogens is 170 g/mol. The normalized spacial score (nSPS) is 12.8. The van der Waals surface area contributed by atoms with Crippen molar-refractivity contribution in [2.24, 2.45) is 5.73 Å². The SMILES string of the molecule is CC(N)n1cc[n+](CCC(=O)O)c1. The minimum absolute atomic E-state index is 0.0777. The maximum atomic E-state index is 10.3. The number of hydrogen-bond donors (Lipinski definition) is 2. The van der Waals surface area contributed by atoms with E-state index in [0.717, 1.165) is 0 Å². The largest absolute Gasteiger partial charge is 0.481 e. The molecule has 5 heteroatoms. The first-order chi connectivity index (χ1) is 6.09. The second-order valence-electron chi connectivity index (χ2n) is 2.98. The number of hydrogen-bond acceptors (Lipinski definition) is 2. The molecule has 1 unspecified atom stereocenters. The molecule has 1 aromatic heterocycles. The van der Waals surface area contributed by atoms with Gasteiger partial charge in [0.2, 0.25) is 6.33 Å². The molecule has 1 atom stereocenters. The van der Waals surface area contributed by atoms with E-state index in [4.69, 9.17) is 10.8 Å². The van der Waals surface area contributed by atoms with Crippen molar-refractivity contribution in [1.29, 1.82) is 0 Å². The fourth-order valence-corrected chi connectivity index (χ4v) is 1.01. The van der Waals surface area contributed by atoms with Gasteiger partial charge >= 0.3 is 5.97 Å². The van der Waals surface area contributed by atoms with Crippen LogP contribution < -0.4 is 10.3 Å². The molecule has 0 aliphatic heterocycles. The number of nitrogens with two attached hydrogens (primary N) is 1. The first-order valence-corrected chi connectivity index (χ1v) is 4.13. The van der Waals surface area contributed by atoms with Gasteiger partial charge in [-0.2, -0.15) is 0 Å². The Morgan fingerprint density at radius 2 is 2.46 bits per heavy atom.